The van der Waals surface area contributed by atoms with Crippen molar-refractivity contribution in [2.75, 3.05) is 16.8 Å². The number of aromatic nitrogens is 4. The Bertz CT molecular complexity index is 1920. The highest BCUT2D eigenvalue weighted by atomic mass is 32.1. The second-order valence-corrected chi connectivity index (χ2v) is 15.6. The topological polar surface area (TPSA) is 75.9 Å². The van der Waals surface area contributed by atoms with Crippen LogP contribution in [0.5, 0.6) is 0 Å². The SMILES string of the molecule is CC.Cc1nc(N2CCc3cccc(C(=O)Nc4nc5ccccc5s4)c3C2)ccc1-c1cnn(CC23CC4CC(CC(C4)C2)C3)c1C. The van der Waals surface area contributed by atoms with Crippen LogP contribution in [0.15, 0.2) is 60.8 Å². The van der Waals surface area contributed by atoms with Crippen molar-refractivity contribution in [3.05, 3.63) is 88.9 Å². The van der Waals surface area contributed by atoms with Crippen molar-refractivity contribution in [1.29, 1.82) is 0 Å². The zero-order valence-electron chi connectivity index (χ0n) is 28.6. The Labute approximate surface area is 287 Å². The molecule has 0 radical (unpaired) electrons. The van der Waals surface area contributed by atoms with Crippen molar-refractivity contribution in [2.45, 2.75) is 85.7 Å². The fourth-order valence-corrected chi connectivity index (χ4v) is 10.6. The molecule has 4 aliphatic carbocycles. The number of nitrogens with zero attached hydrogens (tertiary/aromatic N) is 5. The lowest BCUT2D eigenvalue weighted by atomic mass is 9.49. The number of fused-ring (bicyclic) bond motifs is 2. The second-order valence-electron chi connectivity index (χ2n) is 14.6. The minimum atomic E-state index is -0.113. The van der Waals surface area contributed by atoms with Crippen molar-refractivity contribution in [3.8, 4) is 11.1 Å². The lowest BCUT2D eigenvalue weighted by molar-refractivity contribution is -0.0638. The molecule has 7 nitrogen and oxygen atoms in total. The minimum absolute atomic E-state index is 0.113. The second kappa shape index (κ2) is 12.4. The molecule has 10 rings (SSSR count). The van der Waals surface area contributed by atoms with E-state index in [0.29, 0.717) is 22.7 Å². The Kier molecular flexibility index (Phi) is 8.10. The third-order valence-corrected chi connectivity index (χ3v) is 12.4. The number of hydrogen-bond donors (Lipinski definition) is 1. The first-order valence-corrected chi connectivity index (χ1v) is 18.7. The largest absolute Gasteiger partial charge is 0.352 e. The van der Waals surface area contributed by atoms with Crippen LogP contribution in [0.25, 0.3) is 21.3 Å². The minimum Gasteiger partial charge on any atom is -0.352 e. The molecule has 5 aliphatic rings. The van der Waals surface area contributed by atoms with E-state index in [9.17, 15) is 4.79 Å². The molecule has 3 aromatic heterocycles. The molecule has 5 aromatic rings. The summed E-state index contributed by atoms with van der Waals surface area (Å²) in [7, 11) is 0. The summed E-state index contributed by atoms with van der Waals surface area (Å²) in [5, 5.41) is 8.64. The molecule has 8 heteroatoms. The average molecular weight is 659 g/mol. The van der Waals surface area contributed by atoms with Crippen LogP contribution in [-0.2, 0) is 19.5 Å². The van der Waals surface area contributed by atoms with Crippen LogP contribution in [0.4, 0.5) is 10.9 Å². The van der Waals surface area contributed by atoms with E-state index in [-0.39, 0.29) is 5.91 Å². The molecule has 0 spiro atoms. The zero-order chi connectivity index (χ0) is 33.0. The number of anilines is 2. The van der Waals surface area contributed by atoms with Gasteiger partial charge in [-0.05, 0) is 123 Å². The number of hydrogen-bond acceptors (Lipinski definition) is 6. The van der Waals surface area contributed by atoms with Gasteiger partial charge in [-0.15, -0.1) is 0 Å². The van der Waals surface area contributed by atoms with Crippen LogP contribution in [0.2, 0.25) is 0 Å². The molecule has 4 saturated carbocycles. The lowest BCUT2D eigenvalue weighted by Gasteiger charge is -2.56. The number of para-hydroxylation sites is 1. The van der Waals surface area contributed by atoms with E-state index in [0.717, 1.165) is 70.1 Å². The van der Waals surface area contributed by atoms with E-state index in [1.165, 1.54) is 66.7 Å². The number of benzene rings is 2. The van der Waals surface area contributed by atoms with Crippen LogP contribution in [0.3, 0.4) is 0 Å². The first kappa shape index (κ1) is 31.2. The molecule has 1 N–H and O–H groups in total. The Balaban J connectivity index is 0.00000165. The van der Waals surface area contributed by atoms with Crippen molar-refractivity contribution in [1.82, 2.24) is 19.7 Å². The quantitative estimate of drug-likeness (QED) is 0.197. The summed E-state index contributed by atoms with van der Waals surface area (Å²) in [5.41, 5.74) is 8.98. The average Bonchev–Trinajstić information content (AvgIpc) is 3.66. The highest BCUT2D eigenvalue weighted by Gasteiger charge is 2.51. The molecule has 48 heavy (non-hydrogen) atoms. The van der Waals surface area contributed by atoms with Gasteiger partial charge in [-0.1, -0.05) is 49.4 Å². The molecule has 248 valence electrons. The number of rotatable bonds is 6. The molecule has 1 amide bonds. The van der Waals surface area contributed by atoms with Crippen LogP contribution in [0.1, 0.15) is 85.2 Å². The molecule has 0 saturated heterocycles. The maximum absolute atomic E-state index is 13.5. The number of carbonyl (C=O) groups is 1. The molecule has 0 unspecified atom stereocenters. The van der Waals surface area contributed by atoms with Gasteiger partial charge in [0.1, 0.15) is 5.82 Å². The first-order valence-electron chi connectivity index (χ1n) is 17.9. The van der Waals surface area contributed by atoms with Gasteiger partial charge in [0.15, 0.2) is 5.13 Å². The van der Waals surface area contributed by atoms with Gasteiger partial charge in [0.05, 0.1) is 16.4 Å². The molecule has 0 atom stereocenters. The Hall–Kier alpha value is -4.04. The number of pyridine rings is 1. The molecule has 4 heterocycles. The standard InChI is InChI=1S/C38H40N6OS.C2H6/c1-23-29(31-20-39-44(24(31)2)22-38-17-25-14-26(18-38)16-27(15-25)19-38)10-11-35(40-23)43-13-12-28-6-5-7-30(32(28)21-43)36(45)42-37-41-33-8-3-4-9-34(33)46-37;1-2/h3-11,20,25-27H,12-19,21-22H2,1-2H3,(H,41,42,45);1-2H3. The Morgan fingerprint density at radius 3 is 2.40 bits per heavy atom. The van der Waals surface area contributed by atoms with Gasteiger partial charge in [-0.25, -0.2) is 9.97 Å². The van der Waals surface area contributed by atoms with E-state index in [4.69, 9.17) is 10.1 Å². The smallest absolute Gasteiger partial charge is 0.257 e. The number of nitrogens with one attached hydrogen (secondary N) is 1. The van der Waals surface area contributed by atoms with Crippen LogP contribution in [-0.4, -0.2) is 32.2 Å². The van der Waals surface area contributed by atoms with E-state index >= 15 is 0 Å². The molecule has 4 fully saturated rings. The molecular formula is C40H46N6OS. The van der Waals surface area contributed by atoms with Crippen molar-refractivity contribution < 1.29 is 4.79 Å². The van der Waals surface area contributed by atoms with E-state index < -0.39 is 0 Å². The van der Waals surface area contributed by atoms with Crippen molar-refractivity contribution >= 4 is 38.4 Å². The summed E-state index contributed by atoms with van der Waals surface area (Å²) in [6.07, 6.45) is 11.5. The summed E-state index contributed by atoms with van der Waals surface area (Å²) in [5.74, 6) is 3.69. The number of thiazole rings is 1. The van der Waals surface area contributed by atoms with Crippen molar-refractivity contribution in [2.24, 2.45) is 23.2 Å². The first-order chi connectivity index (χ1) is 23.4. The fourth-order valence-electron chi connectivity index (χ4n) is 9.76. The third kappa shape index (κ3) is 5.62. The van der Waals surface area contributed by atoms with Crippen molar-refractivity contribution in [3.63, 3.8) is 0 Å². The van der Waals surface area contributed by atoms with Gasteiger partial charge in [0.2, 0.25) is 0 Å². The fraction of sp³-hybridized carbons (Fsp3) is 0.450. The summed E-state index contributed by atoms with van der Waals surface area (Å²) >= 11 is 1.50. The molecule has 1 aliphatic heterocycles. The van der Waals surface area contributed by atoms with E-state index in [2.05, 4.69) is 58.1 Å². The predicted molar refractivity (Wildman–Crippen MR) is 196 cm³/mol. The van der Waals surface area contributed by atoms with Gasteiger partial charge < -0.3 is 4.90 Å². The molecule has 4 bridgehead atoms. The third-order valence-electron chi connectivity index (χ3n) is 11.5. The lowest BCUT2D eigenvalue weighted by Crippen LogP contribution is -2.48. The summed E-state index contributed by atoms with van der Waals surface area (Å²) in [4.78, 5) is 25.5. The maximum Gasteiger partial charge on any atom is 0.257 e. The Morgan fingerprint density at radius 2 is 1.67 bits per heavy atom. The molecule has 2 aromatic carbocycles. The highest BCUT2D eigenvalue weighted by Crippen LogP contribution is 2.60. The number of carbonyl (C=O) groups excluding carboxylic acids is 1. The van der Waals surface area contributed by atoms with Crippen LogP contribution in [0, 0.1) is 37.0 Å². The zero-order valence-corrected chi connectivity index (χ0v) is 29.4. The maximum atomic E-state index is 13.5. The van der Waals surface area contributed by atoms with Crippen LogP contribution < -0.4 is 10.2 Å². The highest BCUT2D eigenvalue weighted by molar-refractivity contribution is 7.22. The number of aryl methyl sites for hydroxylation is 1. The van der Waals surface area contributed by atoms with E-state index in [1.54, 1.807) is 0 Å². The summed E-state index contributed by atoms with van der Waals surface area (Å²) < 4.78 is 3.37. The molecular weight excluding hydrogens is 613 g/mol. The monoisotopic (exact) mass is 658 g/mol. The normalized spacial score (nSPS) is 23.9. The number of amides is 1. The predicted octanol–water partition coefficient (Wildman–Crippen LogP) is 9.23. The van der Waals surface area contributed by atoms with Gasteiger partial charge >= 0.3 is 0 Å². The van der Waals surface area contributed by atoms with E-state index in [1.807, 2.05) is 50.2 Å². The van der Waals surface area contributed by atoms with Crippen LogP contribution >= 0.6 is 11.3 Å². The summed E-state index contributed by atoms with van der Waals surface area (Å²) in [6.45, 7) is 10.9. The Morgan fingerprint density at radius 1 is 0.917 bits per heavy atom. The van der Waals surface area contributed by atoms with Gasteiger partial charge in [0.25, 0.3) is 5.91 Å². The van der Waals surface area contributed by atoms with Gasteiger partial charge in [-0.2, -0.15) is 5.10 Å². The van der Waals surface area contributed by atoms with Gasteiger partial charge in [-0.3, -0.25) is 14.8 Å². The van der Waals surface area contributed by atoms with Gasteiger partial charge in [0, 0.05) is 47.7 Å². The summed E-state index contributed by atoms with van der Waals surface area (Å²) in [6, 6.07) is 18.4.